The normalized spacial score (nSPS) is 10.5. The summed E-state index contributed by atoms with van der Waals surface area (Å²) in [5.74, 6) is 0. The Morgan fingerprint density at radius 2 is 1.35 bits per heavy atom. The van der Waals surface area contributed by atoms with Crippen molar-refractivity contribution in [3.63, 3.8) is 0 Å². The number of nitrogen functional groups attached to an aromatic ring is 1. The van der Waals surface area contributed by atoms with E-state index in [0.29, 0.717) is 0 Å². The number of anilines is 1. The molecule has 0 radical (unpaired) electrons. The van der Waals surface area contributed by atoms with Crippen molar-refractivity contribution < 1.29 is 0 Å². The lowest BCUT2D eigenvalue weighted by Gasteiger charge is -2.07. The Labute approximate surface area is 107 Å². The summed E-state index contributed by atoms with van der Waals surface area (Å²) in [5, 5.41) is 0. The van der Waals surface area contributed by atoms with Gasteiger partial charge in [0.15, 0.2) is 0 Å². The zero-order chi connectivity index (χ0) is 12.4. The standard InChI is InChI=1S/C15H17NS/c1-10-4-6-13(8-12(10)3)17-14-7-5-11(2)15(16)9-14/h4-9H,16H2,1-3H3. The van der Waals surface area contributed by atoms with Gasteiger partial charge in [0, 0.05) is 15.5 Å². The minimum Gasteiger partial charge on any atom is -0.398 e. The van der Waals surface area contributed by atoms with Crippen LogP contribution in [0.5, 0.6) is 0 Å². The van der Waals surface area contributed by atoms with Crippen molar-refractivity contribution >= 4 is 17.4 Å². The summed E-state index contributed by atoms with van der Waals surface area (Å²) in [6.07, 6.45) is 0. The Morgan fingerprint density at radius 3 is 1.94 bits per heavy atom. The predicted molar refractivity (Wildman–Crippen MR) is 75.6 cm³/mol. The fourth-order valence-corrected chi connectivity index (χ4v) is 2.56. The average molecular weight is 243 g/mol. The van der Waals surface area contributed by atoms with Crippen LogP contribution in [-0.2, 0) is 0 Å². The second kappa shape index (κ2) is 4.84. The Bertz CT molecular complexity index is 497. The molecule has 2 rings (SSSR count). The van der Waals surface area contributed by atoms with Crippen LogP contribution in [-0.4, -0.2) is 0 Å². The summed E-state index contributed by atoms with van der Waals surface area (Å²) < 4.78 is 0. The van der Waals surface area contributed by atoms with Gasteiger partial charge in [-0.05, 0) is 61.7 Å². The van der Waals surface area contributed by atoms with Crippen LogP contribution in [0.2, 0.25) is 0 Å². The third kappa shape index (κ3) is 2.83. The van der Waals surface area contributed by atoms with Crippen LogP contribution in [0.1, 0.15) is 16.7 Å². The van der Waals surface area contributed by atoms with E-state index in [-0.39, 0.29) is 0 Å². The summed E-state index contributed by atoms with van der Waals surface area (Å²) in [6, 6.07) is 12.8. The van der Waals surface area contributed by atoms with Gasteiger partial charge in [-0.1, -0.05) is 23.9 Å². The Morgan fingerprint density at radius 1 is 0.765 bits per heavy atom. The molecular formula is C15H17NS. The average Bonchev–Trinajstić information content (AvgIpc) is 2.29. The van der Waals surface area contributed by atoms with Gasteiger partial charge in [-0.2, -0.15) is 0 Å². The summed E-state index contributed by atoms with van der Waals surface area (Å²) in [5.41, 5.74) is 10.6. The maximum absolute atomic E-state index is 5.91. The van der Waals surface area contributed by atoms with Crippen molar-refractivity contribution in [3.8, 4) is 0 Å². The first-order valence-corrected chi connectivity index (χ1v) is 6.49. The van der Waals surface area contributed by atoms with Crippen LogP contribution in [0.15, 0.2) is 46.2 Å². The minimum atomic E-state index is 0.860. The second-order valence-electron chi connectivity index (χ2n) is 4.37. The molecule has 1 nitrogen and oxygen atoms in total. The van der Waals surface area contributed by atoms with Gasteiger partial charge in [0.1, 0.15) is 0 Å². The van der Waals surface area contributed by atoms with Crippen LogP contribution < -0.4 is 5.73 Å². The molecular weight excluding hydrogens is 226 g/mol. The molecule has 0 saturated carbocycles. The third-order valence-corrected chi connectivity index (χ3v) is 3.94. The highest BCUT2D eigenvalue weighted by Gasteiger charge is 2.01. The molecule has 0 unspecified atom stereocenters. The van der Waals surface area contributed by atoms with Crippen molar-refractivity contribution in [1.82, 2.24) is 0 Å². The van der Waals surface area contributed by atoms with E-state index in [1.807, 2.05) is 13.0 Å². The van der Waals surface area contributed by atoms with Gasteiger partial charge in [-0.15, -0.1) is 0 Å². The highest BCUT2D eigenvalue weighted by molar-refractivity contribution is 7.99. The molecule has 2 N–H and O–H groups in total. The Hall–Kier alpha value is -1.41. The Balaban J connectivity index is 2.25. The smallest absolute Gasteiger partial charge is 0.0355 e. The summed E-state index contributed by atoms with van der Waals surface area (Å²) in [7, 11) is 0. The zero-order valence-electron chi connectivity index (χ0n) is 10.4. The van der Waals surface area contributed by atoms with Gasteiger partial charge >= 0.3 is 0 Å². The number of rotatable bonds is 2. The first-order valence-electron chi connectivity index (χ1n) is 5.67. The number of aryl methyl sites for hydroxylation is 3. The minimum absolute atomic E-state index is 0.860. The van der Waals surface area contributed by atoms with E-state index >= 15 is 0 Å². The highest BCUT2D eigenvalue weighted by atomic mass is 32.2. The molecule has 2 heteroatoms. The molecule has 0 aliphatic heterocycles. The molecule has 88 valence electrons. The fourth-order valence-electron chi connectivity index (χ4n) is 1.60. The number of hydrogen-bond acceptors (Lipinski definition) is 2. The second-order valence-corrected chi connectivity index (χ2v) is 5.51. The first-order chi connectivity index (χ1) is 8.06. The number of benzene rings is 2. The molecule has 0 heterocycles. The molecule has 0 bridgehead atoms. The highest BCUT2D eigenvalue weighted by Crippen LogP contribution is 2.30. The van der Waals surface area contributed by atoms with E-state index in [0.717, 1.165) is 11.3 Å². The molecule has 2 aromatic carbocycles. The van der Waals surface area contributed by atoms with E-state index in [1.54, 1.807) is 11.8 Å². The molecule has 0 aromatic heterocycles. The van der Waals surface area contributed by atoms with Gasteiger partial charge in [-0.25, -0.2) is 0 Å². The van der Waals surface area contributed by atoms with Gasteiger partial charge < -0.3 is 5.73 Å². The third-order valence-electron chi connectivity index (χ3n) is 2.96. The quantitative estimate of drug-likeness (QED) is 0.794. The zero-order valence-corrected chi connectivity index (χ0v) is 11.3. The van der Waals surface area contributed by atoms with Crippen molar-refractivity contribution in [2.24, 2.45) is 0 Å². The molecule has 0 atom stereocenters. The van der Waals surface area contributed by atoms with Crippen molar-refractivity contribution in [3.05, 3.63) is 53.1 Å². The lowest BCUT2D eigenvalue weighted by Crippen LogP contribution is -1.89. The maximum atomic E-state index is 5.91. The van der Waals surface area contributed by atoms with Crippen LogP contribution in [0.3, 0.4) is 0 Å². The van der Waals surface area contributed by atoms with Gasteiger partial charge in [0.2, 0.25) is 0 Å². The van der Waals surface area contributed by atoms with Crippen molar-refractivity contribution in [1.29, 1.82) is 0 Å². The van der Waals surface area contributed by atoms with E-state index < -0.39 is 0 Å². The molecule has 0 saturated heterocycles. The van der Waals surface area contributed by atoms with Gasteiger partial charge in [-0.3, -0.25) is 0 Å². The molecule has 0 aliphatic rings. The Kier molecular flexibility index (Phi) is 3.43. The largest absolute Gasteiger partial charge is 0.398 e. The number of hydrogen-bond donors (Lipinski definition) is 1. The van der Waals surface area contributed by atoms with E-state index in [9.17, 15) is 0 Å². The lowest BCUT2D eigenvalue weighted by atomic mass is 10.1. The van der Waals surface area contributed by atoms with Crippen LogP contribution in [0.4, 0.5) is 5.69 Å². The van der Waals surface area contributed by atoms with Gasteiger partial charge in [0.25, 0.3) is 0 Å². The number of nitrogens with two attached hydrogens (primary N) is 1. The molecule has 2 aromatic rings. The first kappa shape index (κ1) is 12.1. The predicted octanol–water partition coefficient (Wildman–Crippen LogP) is 4.35. The molecule has 0 amide bonds. The molecule has 0 aliphatic carbocycles. The van der Waals surface area contributed by atoms with Crippen LogP contribution in [0.25, 0.3) is 0 Å². The molecule has 17 heavy (non-hydrogen) atoms. The van der Waals surface area contributed by atoms with E-state index in [2.05, 4.69) is 44.2 Å². The van der Waals surface area contributed by atoms with Crippen molar-refractivity contribution in [2.75, 3.05) is 5.73 Å². The molecule has 0 fully saturated rings. The van der Waals surface area contributed by atoms with Crippen molar-refractivity contribution in [2.45, 2.75) is 30.6 Å². The fraction of sp³-hybridized carbons (Fsp3) is 0.200. The van der Waals surface area contributed by atoms with E-state index in [4.69, 9.17) is 5.73 Å². The monoisotopic (exact) mass is 243 g/mol. The van der Waals surface area contributed by atoms with E-state index in [1.165, 1.54) is 20.9 Å². The summed E-state index contributed by atoms with van der Waals surface area (Å²) in [6.45, 7) is 6.30. The summed E-state index contributed by atoms with van der Waals surface area (Å²) in [4.78, 5) is 2.45. The SMILES string of the molecule is Cc1ccc(Sc2ccc(C)c(N)c2)cc1C. The maximum Gasteiger partial charge on any atom is 0.0355 e. The van der Waals surface area contributed by atoms with Gasteiger partial charge in [0.05, 0.1) is 0 Å². The summed E-state index contributed by atoms with van der Waals surface area (Å²) >= 11 is 1.75. The lowest BCUT2D eigenvalue weighted by molar-refractivity contribution is 1.27. The van der Waals surface area contributed by atoms with Crippen LogP contribution in [0, 0.1) is 20.8 Å². The topological polar surface area (TPSA) is 26.0 Å². The van der Waals surface area contributed by atoms with Crippen LogP contribution >= 0.6 is 11.8 Å². The molecule has 0 spiro atoms.